The Labute approximate surface area is 153 Å². The number of hydrogen-bond acceptors (Lipinski definition) is 2. The van der Waals surface area contributed by atoms with Crippen molar-refractivity contribution in [3.8, 4) is 0 Å². The van der Waals surface area contributed by atoms with Crippen molar-refractivity contribution >= 4 is 22.5 Å². The molecule has 0 spiro atoms. The van der Waals surface area contributed by atoms with Crippen molar-refractivity contribution in [1.82, 2.24) is 4.68 Å². The van der Waals surface area contributed by atoms with Crippen LogP contribution in [0.5, 0.6) is 0 Å². The number of nitrogen functional groups attached to an aromatic ring is 1. The van der Waals surface area contributed by atoms with Crippen LogP contribution in [0.4, 0.5) is 5.69 Å². The van der Waals surface area contributed by atoms with E-state index < -0.39 is 0 Å². The molecule has 2 aromatic carbocycles. The molecule has 2 heterocycles. The molecule has 132 valence electrons. The Bertz CT molecular complexity index is 1000. The van der Waals surface area contributed by atoms with E-state index in [0.29, 0.717) is 6.54 Å². The molecule has 0 unspecified atom stereocenters. The second-order valence-corrected chi connectivity index (χ2v) is 7.68. The van der Waals surface area contributed by atoms with E-state index in [2.05, 4.69) is 18.2 Å². The lowest BCUT2D eigenvalue weighted by Crippen LogP contribution is -2.22. The van der Waals surface area contributed by atoms with E-state index in [0.717, 1.165) is 40.1 Å². The van der Waals surface area contributed by atoms with Gasteiger partial charge in [-0.15, -0.1) is 0 Å². The molecule has 0 radical (unpaired) electrons. The number of carbonyl (C=O) groups is 1. The Balaban J connectivity index is 1.39. The number of fused-ring (bicyclic) bond motifs is 2. The van der Waals surface area contributed by atoms with Crippen LogP contribution in [0.2, 0.25) is 0 Å². The Morgan fingerprint density at radius 1 is 1.08 bits per heavy atom. The molecule has 1 aliphatic heterocycles. The lowest BCUT2D eigenvalue weighted by atomic mass is 9.81. The van der Waals surface area contributed by atoms with Gasteiger partial charge in [0.1, 0.15) is 0 Å². The average Bonchev–Trinajstić information content (AvgIpc) is 3.14. The van der Waals surface area contributed by atoms with Gasteiger partial charge in [-0.25, -0.2) is 0 Å². The van der Waals surface area contributed by atoms with E-state index in [4.69, 9.17) is 5.84 Å². The Morgan fingerprint density at radius 3 is 2.77 bits per heavy atom. The number of nitrogens with zero attached hydrogens (tertiary/aromatic N) is 2. The number of benzene rings is 2. The van der Waals surface area contributed by atoms with Crippen LogP contribution in [0.3, 0.4) is 0 Å². The molecule has 1 aromatic heterocycles. The number of aryl methyl sites for hydroxylation is 1. The summed E-state index contributed by atoms with van der Waals surface area (Å²) < 4.78 is 1.61. The summed E-state index contributed by atoms with van der Waals surface area (Å²) in [6.07, 6.45) is 8.32. The lowest BCUT2D eigenvalue weighted by molar-refractivity contribution is 0.0996. The number of carbonyl (C=O) groups excluding carboxylic acids is 1. The van der Waals surface area contributed by atoms with E-state index in [-0.39, 0.29) is 5.91 Å². The maximum absolute atomic E-state index is 13.0. The van der Waals surface area contributed by atoms with Gasteiger partial charge in [-0.1, -0.05) is 31.4 Å². The first kappa shape index (κ1) is 15.5. The van der Waals surface area contributed by atoms with Gasteiger partial charge in [-0.3, -0.25) is 9.47 Å². The molecular weight excluding hydrogens is 322 g/mol. The summed E-state index contributed by atoms with van der Waals surface area (Å²) in [6, 6.07) is 14.4. The highest BCUT2D eigenvalue weighted by atomic mass is 16.2. The zero-order chi connectivity index (χ0) is 17.7. The monoisotopic (exact) mass is 345 g/mol. The predicted molar refractivity (Wildman–Crippen MR) is 105 cm³/mol. The van der Waals surface area contributed by atoms with Crippen LogP contribution >= 0.6 is 0 Å². The van der Waals surface area contributed by atoms with E-state index >= 15 is 0 Å². The Hall–Kier alpha value is -2.75. The van der Waals surface area contributed by atoms with Gasteiger partial charge in [0, 0.05) is 22.8 Å². The first-order valence-electron chi connectivity index (χ1n) is 9.49. The summed E-state index contributed by atoms with van der Waals surface area (Å²) in [7, 11) is 0. The van der Waals surface area contributed by atoms with Crippen molar-refractivity contribution in [2.24, 2.45) is 5.92 Å². The van der Waals surface area contributed by atoms with E-state index in [9.17, 15) is 4.79 Å². The molecule has 1 fully saturated rings. The lowest BCUT2D eigenvalue weighted by Gasteiger charge is -2.25. The highest BCUT2D eigenvalue weighted by Crippen LogP contribution is 2.33. The molecule has 1 amide bonds. The predicted octanol–water partition coefficient (Wildman–Crippen LogP) is 4.25. The van der Waals surface area contributed by atoms with Crippen molar-refractivity contribution in [3.63, 3.8) is 0 Å². The Morgan fingerprint density at radius 2 is 1.96 bits per heavy atom. The van der Waals surface area contributed by atoms with Gasteiger partial charge < -0.3 is 10.7 Å². The molecule has 26 heavy (non-hydrogen) atoms. The number of aromatic nitrogens is 1. The fraction of sp³-hybridized carbons (Fsp3) is 0.318. The largest absolute Gasteiger partial charge is 0.339 e. The SMILES string of the molecule is Nn1ccc2cc(N3Cc4ccc(CCC5CCC5)cc4C3=O)ccc21. The molecule has 2 N–H and O–H groups in total. The summed E-state index contributed by atoms with van der Waals surface area (Å²) in [6.45, 7) is 0.645. The summed E-state index contributed by atoms with van der Waals surface area (Å²) in [4.78, 5) is 14.9. The van der Waals surface area contributed by atoms with Crippen LogP contribution in [-0.2, 0) is 13.0 Å². The Kier molecular flexibility index (Phi) is 3.52. The highest BCUT2D eigenvalue weighted by molar-refractivity contribution is 6.10. The standard InChI is InChI=1S/C22H23N3O/c23-25-11-10-17-13-19(8-9-21(17)25)24-14-18-7-6-16(12-20(18)22(24)26)5-4-15-2-1-3-15/h6-13,15H,1-5,14,23H2. The summed E-state index contributed by atoms with van der Waals surface area (Å²) in [5, 5.41) is 1.05. The van der Waals surface area contributed by atoms with Gasteiger partial charge >= 0.3 is 0 Å². The minimum atomic E-state index is 0.108. The van der Waals surface area contributed by atoms with Gasteiger partial charge in [0.05, 0.1) is 12.1 Å². The number of rotatable bonds is 4. The first-order chi connectivity index (χ1) is 12.7. The van der Waals surface area contributed by atoms with E-state index in [1.807, 2.05) is 35.4 Å². The fourth-order valence-electron chi connectivity index (χ4n) is 4.18. The second kappa shape index (κ2) is 5.90. The molecule has 5 rings (SSSR count). The zero-order valence-corrected chi connectivity index (χ0v) is 14.8. The minimum Gasteiger partial charge on any atom is -0.339 e. The van der Waals surface area contributed by atoms with Crippen LogP contribution in [0.25, 0.3) is 10.9 Å². The quantitative estimate of drug-likeness (QED) is 0.719. The van der Waals surface area contributed by atoms with Gasteiger partial charge in [-0.2, -0.15) is 0 Å². The topological polar surface area (TPSA) is 51.3 Å². The van der Waals surface area contributed by atoms with Crippen LogP contribution in [0.1, 0.15) is 47.2 Å². The third-order valence-electron chi connectivity index (χ3n) is 6.06. The van der Waals surface area contributed by atoms with Gasteiger partial charge in [0.2, 0.25) is 0 Å². The number of nitrogens with two attached hydrogens (primary N) is 1. The molecule has 0 saturated heterocycles. The maximum atomic E-state index is 13.0. The van der Waals surface area contributed by atoms with Crippen molar-refractivity contribution in [2.45, 2.75) is 38.6 Å². The summed E-state index contributed by atoms with van der Waals surface area (Å²) >= 11 is 0. The normalized spacial score (nSPS) is 16.9. The molecule has 0 atom stereocenters. The smallest absolute Gasteiger partial charge is 0.258 e. The summed E-state index contributed by atoms with van der Waals surface area (Å²) in [5.74, 6) is 6.90. The van der Waals surface area contributed by atoms with Crippen molar-refractivity contribution in [1.29, 1.82) is 0 Å². The third-order valence-corrected chi connectivity index (χ3v) is 6.06. The highest BCUT2D eigenvalue weighted by Gasteiger charge is 2.29. The van der Waals surface area contributed by atoms with Crippen molar-refractivity contribution in [2.75, 3.05) is 10.7 Å². The van der Waals surface area contributed by atoms with E-state index in [1.54, 1.807) is 4.68 Å². The minimum absolute atomic E-state index is 0.108. The molecule has 0 bridgehead atoms. The first-order valence-corrected chi connectivity index (χ1v) is 9.49. The van der Waals surface area contributed by atoms with E-state index in [1.165, 1.54) is 31.2 Å². The van der Waals surface area contributed by atoms with Crippen LogP contribution < -0.4 is 10.7 Å². The maximum Gasteiger partial charge on any atom is 0.258 e. The third kappa shape index (κ3) is 2.48. The molecule has 4 nitrogen and oxygen atoms in total. The van der Waals surface area contributed by atoms with Gasteiger partial charge in [0.25, 0.3) is 5.91 Å². The molecule has 3 aromatic rings. The van der Waals surface area contributed by atoms with Crippen LogP contribution in [0, 0.1) is 5.92 Å². The van der Waals surface area contributed by atoms with Crippen molar-refractivity contribution in [3.05, 3.63) is 65.4 Å². The summed E-state index contributed by atoms with van der Waals surface area (Å²) in [5.41, 5.74) is 5.19. The fourth-order valence-corrected chi connectivity index (χ4v) is 4.18. The number of amides is 1. The van der Waals surface area contributed by atoms with Crippen LogP contribution in [0.15, 0.2) is 48.7 Å². The zero-order valence-electron chi connectivity index (χ0n) is 14.8. The number of hydrogen-bond donors (Lipinski definition) is 1. The molecule has 1 saturated carbocycles. The molecule has 2 aliphatic rings. The average molecular weight is 345 g/mol. The van der Waals surface area contributed by atoms with Crippen molar-refractivity contribution < 1.29 is 4.79 Å². The molecule has 4 heteroatoms. The number of anilines is 1. The van der Waals surface area contributed by atoms with Crippen LogP contribution in [-0.4, -0.2) is 10.6 Å². The molecule has 1 aliphatic carbocycles. The van der Waals surface area contributed by atoms with Gasteiger partial charge in [-0.05, 0) is 60.2 Å². The van der Waals surface area contributed by atoms with Gasteiger partial charge in [0.15, 0.2) is 0 Å². The second-order valence-electron chi connectivity index (χ2n) is 7.68. The molecular formula is C22H23N3O.